The molecule has 0 heterocycles. The molecular formula is C12H14FN3O5. The van der Waals surface area contributed by atoms with E-state index in [1.165, 1.54) is 13.8 Å². The van der Waals surface area contributed by atoms with E-state index >= 15 is 0 Å². The summed E-state index contributed by atoms with van der Waals surface area (Å²) in [4.78, 5) is 32.2. The van der Waals surface area contributed by atoms with Crippen LogP contribution in [0.25, 0.3) is 0 Å². The van der Waals surface area contributed by atoms with Crippen LogP contribution in [0.4, 0.5) is 20.6 Å². The lowest BCUT2D eigenvalue weighted by Gasteiger charge is -2.19. The Labute approximate surface area is 119 Å². The molecule has 3 N–H and O–H groups in total. The molecule has 1 aromatic rings. The van der Waals surface area contributed by atoms with Crippen molar-refractivity contribution < 1.29 is 24.0 Å². The van der Waals surface area contributed by atoms with Crippen LogP contribution in [0.1, 0.15) is 13.8 Å². The Morgan fingerprint density at radius 2 is 2.00 bits per heavy atom. The summed E-state index contributed by atoms with van der Waals surface area (Å²) in [5, 5.41) is 23.9. The quantitative estimate of drug-likeness (QED) is 0.566. The number of nitrogens with zero attached hydrogens (tertiary/aromatic N) is 1. The smallest absolute Gasteiger partial charge is 0.319 e. The van der Waals surface area contributed by atoms with Crippen molar-refractivity contribution in [1.82, 2.24) is 5.32 Å². The number of non-ortho nitro benzene ring substituents is 1. The summed E-state index contributed by atoms with van der Waals surface area (Å²) in [6.07, 6.45) is 0. The lowest BCUT2D eigenvalue weighted by Crippen LogP contribution is -2.40. The fourth-order valence-electron chi connectivity index (χ4n) is 1.30. The first-order chi connectivity index (χ1) is 9.61. The fraction of sp³-hybridized carbons (Fsp3) is 0.333. The van der Waals surface area contributed by atoms with E-state index in [1.54, 1.807) is 0 Å². The van der Waals surface area contributed by atoms with E-state index in [0.29, 0.717) is 0 Å². The number of halogens is 1. The molecule has 0 aromatic heterocycles. The number of carbonyl (C=O) groups excluding carboxylic acids is 1. The number of carbonyl (C=O) groups is 2. The van der Waals surface area contributed by atoms with Crippen LogP contribution in [0, 0.1) is 21.3 Å². The second kappa shape index (κ2) is 6.16. The highest BCUT2D eigenvalue weighted by Crippen LogP contribution is 2.20. The molecule has 1 rings (SSSR count). The molecule has 9 heteroatoms. The van der Waals surface area contributed by atoms with E-state index in [2.05, 4.69) is 10.6 Å². The number of amides is 2. The first-order valence-electron chi connectivity index (χ1n) is 5.85. The third-order valence-corrected chi connectivity index (χ3v) is 2.62. The summed E-state index contributed by atoms with van der Waals surface area (Å²) in [5.74, 6) is -1.96. The van der Waals surface area contributed by atoms with E-state index in [1.807, 2.05) is 0 Å². The standard InChI is InChI=1S/C12H14FN3O5/c1-12(2,10(17)18)6-14-11(19)15-8-3-7(13)4-9(5-8)16(20)21/h3-5H,6H2,1-2H3,(H,17,18)(H2,14,15,19). The van der Waals surface area contributed by atoms with Gasteiger partial charge >= 0.3 is 12.0 Å². The largest absolute Gasteiger partial charge is 0.481 e. The number of carboxylic acid groups (broad SMARTS) is 1. The number of rotatable bonds is 5. The number of nitrogens with one attached hydrogen (secondary N) is 2. The Kier molecular flexibility index (Phi) is 4.79. The van der Waals surface area contributed by atoms with Crippen LogP contribution in [-0.4, -0.2) is 28.6 Å². The van der Waals surface area contributed by atoms with Gasteiger partial charge in [0.15, 0.2) is 0 Å². The number of nitro benzene ring substituents is 1. The molecule has 0 radical (unpaired) electrons. The van der Waals surface area contributed by atoms with Gasteiger partial charge in [0.1, 0.15) is 5.82 Å². The third kappa shape index (κ3) is 4.71. The first kappa shape index (κ1) is 16.3. The molecule has 8 nitrogen and oxygen atoms in total. The Morgan fingerprint density at radius 3 is 2.52 bits per heavy atom. The van der Waals surface area contributed by atoms with Crippen molar-refractivity contribution >= 4 is 23.4 Å². The van der Waals surface area contributed by atoms with E-state index < -0.39 is 33.8 Å². The molecule has 0 saturated carbocycles. The zero-order valence-corrected chi connectivity index (χ0v) is 11.3. The number of urea groups is 1. The highest BCUT2D eigenvalue weighted by molar-refractivity contribution is 5.90. The van der Waals surface area contributed by atoms with E-state index in [0.717, 1.165) is 18.2 Å². The Morgan fingerprint density at radius 1 is 1.38 bits per heavy atom. The molecule has 2 amide bonds. The van der Waals surface area contributed by atoms with Crippen molar-refractivity contribution in [3.8, 4) is 0 Å². The van der Waals surface area contributed by atoms with Crippen LogP contribution in [0.3, 0.4) is 0 Å². The molecule has 0 atom stereocenters. The molecule has 0 spiro atoms. The summed E-state index contributed by atoms with van der Waals surface area (Å²) in [6, 6.07) is 1.83. The minimum atomic E-state index is -1.18. The van der Waals surface area contributed by atoms with Crippen molar-refractivity contribution in [2.75, 3.05) is 11.9 Å². The van der Waals surface area contributed by atoms with Gasteiger partial charge in [0, 0.05) is 12.6 Å². The Bertz CT molecular complexity index is 588. The second-order valence-electron chi connectivity index (χ2n) is 4.95. The van der Waals surface area contributed by atoms with Crippen LogP contribution in [0.5, 0.6) is 0 Å². The minimum Gasteiger partial charge on any atom is -0.481 e. The molecule has 0 aliphatic heterocycles. The summed E-state index contributed by atoms with van der Waals surface area (Å²) in [5.41, 5.74) is -1.78. The number of benzene rings is 1. The van der Waals surface area contributed by atoms with Gasteiger partial charge < -0.3 is 15.7 Å². The van der Waals surface area contributed by atoms with E-state index in [4.69, 9.17) is 5.11 Å². The van der Waals surface area contributed by atoms with Crippen molar-refractivity contribution in [1.29, 1.82) is 0 Å². The summed E-state index contributed by atoms with van der Waals surface area (Å²) in [6.45, 7) is 2.68. The average Bonchev–Trinajstić information content (AvgIpc) is 2.35. The van der Waals surface area contributed by atoms with Gasteiger partial charge in [-0.1, -0.05) is 0 Å². The van der Waals surface area contributed by atoms with Gasteiger partial charge in [-0.3, -0.25) is 14.9 Å². The molecule has 0 bridgehead atoms. The first-order valence-corrected chi connectivity index (χ1v) is 5.85. The number of carboxylic acids is 1. The third-order valence-electron chi connectivity index (χ3n) is 2.62. The van der Waals surface area contributed by atoms with Gasteiger partial charge in [-0.05, 0) is 19.9 Å². The predicted octanol–water partition coefficient (Wildman–Crippen LogP) is 1.97. The molecule has 21 heavy (non-hydrogen) atoms. The highest BCUT2D eigenvalue weighted by Gasteiger charge is 2.27. The van der Waals surface area contributed by atoms with Gasteiger partial charge in [-0.25, -0.2) is 9.18 Å². The zero-order valence-electron chi connectivity index (χ0n) is 11.3. The van der Waals surface area contributed by atoms with Crippen molar-refractivity contribution in [3.63, 3.8) is 0 Å². The molecule has 0 fully saturated rings. The van der Waals surface area contributed by atoms with Gasteiger partial charge in [-0.15, -0.1) is 0 Å². The summed E-state index contributed by atoms with van der Waals surface area (Å²) < 4.78 is 13.2. The number of hydrogen-bond acceptors (Lipinski definition) is 4. The number of aliphatic carboxylic acids is 1. The van der Waals surface area contributed by atoms with E-state index in [9.17, 15) is 24.1 Å². The maximum atomic E-state index is 13.2. The summed E-state index contributed by atoms with van der Waals surface area (Å²) >= 11 is 0. The van der Waals surface area contributed by atoms with Gasteiger partial charge in [0.05, 0.1) is 22.1 Å². The highest BCUT2D eigenvalue weighted by atomic mass is 19.1. The molecule has 1 aromatic carbocycles. The fourth-order valence-corrected chi connectivity index (χ4v) is 1.30. The van der Waals surface area contributed by atoms with Crippen LogP contribution in [0.2, 0.25) is 0 Å². The molecule has 0 saturated heterocycles. The lowest BCUT2D eigenvalue weighted by atomic mass is 9.94. The maximum absolute atomic E-state index is 13.2. The molecule has 0 unspecified atom stereocenters. The normalized spacial score (nSPS) is 10.8. The van der Waals surface area contributed by atoms with Crippen molar-refractivity contribution in [2.45, 2.75) is 13.8 Å². The molecular weight excluding hydrogens is 285 g/mol. The minimum absolute atomic E-state index is 0.104. The lowest BCUT2D eigenvalue weighted by molar-refractivity contribution is -0.385. The number of nitro groups is 1. The van der Waals surface area contributed by atoms with Crippen LogP contribution < -0.4 is 10.6 Å². The number of anilines is 1. The van der Waals surface area contributed by atoms with Gasteiger partial charge in [0.25, 0.3) is 5.69 Å². The molecule has 0 aliphatic carbocycles. The van der Waals surface area contributed by atoms with Crippen LogP contribution in [-0.2, 0) is 4.79 Å². The van der Waals surface area contributed by atoms with Gasteiger partial charge in [0.2, 0.25) is 0 Å². The van der Waals surface area contributed by atoms with Crippen LogP contribution in [0.15, 0.2) is 18.2 Å². The predicted molar refractivity (Wildman–Crippen MR) is 71.5 cm³/mol. The number of hydrogen-bond donors (Lipinski definition) is 3. The van der Waals surface area contributed by atoms with Crippen molar-refractivity contribution in [3.05, 3.63) is 34.1 Å². The molecule has 114 valence electrons. The maximum Gasteiger partial charge on any atom is 0.319 e. The zero-order chi connectivity index (χ0) is 16.2. The Balaban J connectivity index is 2.71. The summed E-state index contributed by atoms with van der Waals surface area (Å²) in [7, 11) is 0. The average molecular weight is 299 g/mol. The topological polar surface area (TPSA) is 122 Å². The SMILES string of the molecule is CC(C)(CNC(=O)Nc1cc(F)cc([N+](=O)[O-])c1)C(=O)O. The van der Waals surface area contributed by atoms with Gasteiger partial charge in [-0.2, -0.15) is 0 Å². The van der Waals surface area contributed by atoms with Crippen LogP contribution >= 0.6 is 0 Å². The Hall–Kier alpha value is -2.71. The van der Waals surface area contributed by atoms with E-state index in [-0.39, 0.29) is 12.2 Å². The second-order valence-corrected chi connectivity index (χ2v) is 4.95. The van der Waals surface area contributed by atoms with Crippen molar-refractivity contribution in [2.24, 2.45) is 5.41 Å². The monoisotopic (exact) mass is 299 g/mol. The molecule has 0 aliphatic rings.